The maximum absolute atomic E-state index is 11.8. The zero-order valence-corrected chi connectivity index (χ0v) is 10.7. The van der Waals surface area contributed by atoms with E-state index in [4.69, 9.17) is 17.3 Å². The summed E-state index contributed by atoms with van der Waals surface area (Å²) >= 11 is 7.31. The fraction of sp³-hybridized carbons (Fsp3) is 0.0833. The summed E-state index contributed by atoms with van der Waals surface area (Å²) in [5, 5.41) is 5.11. The SMILES string of the molecule is Cc1cc(N)c(Cl)cc1NC(=O)c1cccs1. The van der Waals surface area contributed by atoms with Crippen molar-refractivity contribution in [1.82, 2.24) is 0 Å². The highest BCUT2D eigenvalue weighted by molar-refractivity contribution is 7.12. The number of carbonyl (C=O) groups excluding carboxylic acids is 1. The van der Waals surface area contributed by atoms with E-state index >= 15 is 0 Å². The summed E-state index contributed by atoms with van der Waals surface area (Å²) in [6, 6.07) is 7.01. The molecule has 0 saturated carbocycles. The number of carbonyl (C=O) groups is 1. The molecule has 0 aliphatic heterocycles. The Morgan fingerprint density at radius 1 is 1.47 bits per heavy atom. The maximum atomic E-state index is 11.8. The van der Waals surface area contributed by atoms with Gasteiger partial charge >= 0.3 is 0 Å². The van der Waals surface area contributed by atoms with Crippen LogP contribution in [0.25, 0.3) is 0 Å². The Morgan fingerprint density at radius 2 is 2.24 bits per heavy atom. The number of nitrogens with two attached hydrogens (primary N) is 1. The van der Waals surface area contributed by atoms with Crippen LogP contribution in [0.4, 0.5) is 11.4 Å². The van der Waals surface area contributed by atoms with Gasteiger partial charge in [-0.25, -0.2) is 0 Å². The number of rotatable bonds is 2. The van der Waals surface area contributed by atoms with Gasteiger partial charge in [-0.15, -0.1) is 11.3 Å². The number of halogens is 1. The summed E-state index contributed by atoms with van der Waals surface area (Å²) in [5.74, 6) is -0.135. The number of hydrogen-bond acceptors (Lipinski definition) is 3. The molecule has 0 fully saturated rings. The standard InChI is InChI=1S/C12H11ClN2OS/c1-7-5-9(14)8(13)6-10(7)15-12(16)11-3-2-4-17-11/h2-6H,14H2,1H3,(H,15,16). The second-order valence-corrected chi connectivity index (χ2v) is 4.97. The molecule has 1 aromatic heterocycles. The minimum atomic E-state index is -0.135. The van der Waals surface area contributed by atoms with Crippen molar-refractivity contribution in [1.29, 1.82) is 0 Å². The number of nitrogen functional groups attached to an aromatic ring is 1. The van der Waals surface area contributed by atoms with Crippen molar-refractivity contribution >= 4 is 40.2 Å². The lowest BCUT2D eigenvalue weighted by molar-refractivity contribution is 0.103. The highest BCUT2D eigenvalue weighted by Gasteiger charge is 2.10. The van der Waals surface area contributed by atoms with Crippen molar-refractivity contribution in [3.63, 3.8) is 0 Å². The smallest absolute Gasteiger partial charge is 0.265 e. The van der Waals surface area contributed by atoms with Gasteiger partial charge < -0.3 is 11.1 Å². The number of aryl methyl sites for hydroxylation is 1. The Balaban J connectivity index is 2.25. The van der Waals surface area contributed by atoms with Gasteiger partial charge in [0.25, 0.3) is 5.91 Å². The Bertz CT molecular complexity index is 552. The molecule has 0 aliphatic rings. The van der Waals surface area contributed by atoms with E-state index in [0.29, 0.717) is 21.3 Å². The van der Waals surface area contributed by atoms with E-state index in [1.165, 1.54) is 11.3 Å². The van der Waals surface area contributed by atoms with Gasteiger partial charge in [0.2, 0.25) is 0 Å². The van der Waals surface area contributed by atoms with E-state index < -0.39 is 0 Å². The van der Waals surface area contributed by atoms with Gasteiger partial charge in [-0.05, 0) is 36.1 Å². The molecule has 1 heterocycles. The molecular weight excluding hydrogens is 256 g/mol. The number of anilines is 2. The van der Waals surface area contributed by atoms with E-state index in [9.17, 15) is 4.79 Å². The lowest BCUT2D eigenvalue weighted by Crippen LogP contribution is -2.11. The van der Waals surface area contributed by atoms with Crippen molar-refractivity contribution in [3.05, 3.63) is 45.1 Å². The molecule has 88 valence electrons. The predicted molar refractivity (Wildman–Crippen MR) is 72.9 cm³/mol. The monoisotopic (exact) mass is 266 g/mol. The van der Waals surface area contributed by atoms with Gasteiger partial charge in [0.05, 0.1) is 15.6 Å². The van der Waals surface area contributed by atoms with Gasteiger partial charge in [0, 0.05) is 5.69 Å². The van der Waals surface area contributed by atoms with Crippen LogP contribution in [-0.4, -0.2) is 5.91 Å². The summed E-state index contributed by atoms with van der Waals surface area (Å²) in [4.78, 5) is 12.5. The van der Waals surface area contributed by atoms with Crippen LogP contribution in [0.3, 0.4) is 0 Å². The molecule has 0 spiro atoms. The van der Waals surface area contributed by atoms with E-state index in [-0.39, 0.29) is 5.91 Å². The third-order valence-corrected chi connectivity index (χ3v) is 3.53. The summed E-state index contributed by atoms with van der Waals surface area (Å²) in [6.07, 6.45) is 0. The van der Waals surface area contributed by atoms with Gasteiger partial charge in [0.1, 0.15) is 0 Å². The third kappa shape index (κ3) is 2.60. The topological polar surface area (TPSA) is 55.1 Å². The van der Waals surface area contributed by atoms with Crippen LogP contribution in [0.5, 0.6) is 0 Å². The average Bonchev–Trinajstić information content (AvgIpc) is 2.79. The molecule has 0 unspecified atom stereocenters. The van der Waals surface area contributed by atoms with E-state index in [0.717, 1.165) is 5.56 Å². The van der Waals surface area contributed by atoms with E-state index in [2.05, 4.69) is 5.32 Å². The van der Waals surface area contributed by atoms with Gasteiger partial charge in [-0.3, -0.25) is 4.79 Å². The van der Waals surface area contributed by atoms with Crippen molar-refractivity contribution in [2.45, 2.75) is 6.92 Å². The van der Waals surface area contributed by atoms with Crippen LogP contribution >= 0.6 is 22.9 Å². The lowest BCUT2D eigenvalue weighted by atomic mass is 10.2. The molecule has 0 saturated heterocycles. The minimum absolute atomic E-state index is 0.135. The van der Waals surface area contributed by atoms with Crippen LogP contribution in [0.2, 0.25) is 5.02 Å². The first-order chi connectivity index (χ1) is 8.08. The van der Waals surface area contributed by atoms with Crippen LogP contribution in [0, 0.1) is 6.92 Å². The van der Waals surface area contributed by atoms with Crippen LogP contribution < -0.4 is 11.1 Å². The zero-order chi connectivity index (χ0) is 12.4. The molecule has 1 aromatic carbocycles. The molecule has 17 heavy (non-hydrogen) atoms. The van der Waals surface area contributed by atoms with Crippen molar-refractivity contribution in [3.8, 4) is 0 Å². The molecule has 1 amide bonds. The van der Waals surface area contributed by atoms with E-state index in [1.54, 1.807) is 18.2 Å². The number of amides is 1. The minimum Gasteiger partial charge on any atom is -0.398 e. The molecule has 0 bridgehead atoms. The zero-order valence-electron chi connectivity index (χ0n) is 9.16. The molecule has 2 aromatic rings. The predicted octanol–water partition coefficient (Wildman–Crippen LogP) is 3.54. The molecule has 3 nitrogen and oxygen atoms in total. The lowest BCUT2D eigenvalue weighted by Gasteiger charge is -2.09. The van der Waals surface area contributed by atoms with Gasteiger partial charge in [-0.1, -0.05) is 17.7 Å². The Hall–Kier alpha value is -1.52. The second kappa shape index (κ2) is 4.77. The van der Waals surface area contributed by atoms with Crippen molar-refractivity contribution < 1.29 is 4.79 Å². The molecule has 0 atom stereocenters. The normalized spacial score (nSPS) is 10.2. The maximum Gasteiger partial charge on any atom is 0.265 e. The fourth-order valence-electron chi connectivity index (χ4n) is 1.43. The molecule has 2 rings (SSSR count). The molecule has 0 aliphatic carbocycles. The van der Waals surface area contributed by atoms with Crippen LogP contribution in [0.1, 0.15) is 15.2 Å². The largest absolute Gasteiger partial charge is 0.398 e. The second-order valence-electron chi connectivity index (χ2n) is 3.62. The first-order valence-corrected chi connectivity index (χ1v) is 6.24. The summed E-state index contributed by atoms with van der Waals surface area (Å²) in [7, 11) is 0. The molecular formula is C12H11ClN2OS. The summed E-state index contributed by atoms with van der Waals surface area (Å²) < 4.78 is 0. The highest BCUT2D eigenvalue weighted by Crippen LogP contribution is 2.27. The molecule has 5 heteroatoms. The van der Waals surface area contributed by atoms with Gasteiger partial charge in [-0.2, -0.15) is 0 Å². The fourth-order valence-corrected chi connectivity index (χ4v) is 2.21. The first kappa shape index (κ1) is 12.0. The first-order valence-electron chi connectivity index (χ1n) is 4.98. The van der Waals surface area contributed by atoms with Crippen molar-refractivity contribution in [2.24, 2.45) is 0 Å². The number of thiophene rings is 1. The average molecular weight is 267 g/mol. The number of nitrogens with one attached hydrogen (secondary N) is 1. The summed E-state index contributed by atoms with van der Waals surface area (Å²) in [6.45, 7) is 1.87. The third-order valence-electron chi connectivity index (χ3n) is 2.34. The summed E-state index contributed by atoms with van der Waals surface area (Å²) in [5.41, 5.74) is 7.75. The Kier molecular flexibility index (Phi) is 3.36. The number of benzene rings is 1. The van der Waals surface area contributed by atoms with Gasteiger partial charge in [0.15, 0.2) is 0 Å². The quantitative estimate of drug-likeness (QED) is 0.817. The van der Waals surface area contributed by atoms with Crippen LogP contribution in [0.15, 0.2) is 29.6 Å². The number of hydrogen-bond donors (Lipinski definition) is 2. The highest BCUT2D eigenvalue weighted by atomic mass is 35.5. The Labute approximate surface area is 108 Å². The molecule has 3 N–H and O–H groups in total. The van der Waals surface area contributed by atoms with Crippen molar-refractivity contribution in [2.75, 3.05) is 11.1 Å². The Morgan fingerprint density at radius 3 is 2.88 bits per heavy atom. The molecule has 0 radical (unpaired) electrons. The van der Waals surface area contributed by atoms with E-state index in [1.807, 2.05) is 18.4 Å². The van der Waals surface area contributed by atoms with Crippen LogP contribution in [-0.2, 0) is 0 Å².